The van der Waals surface area contributed by atoms with E-state index in [1.54, 1.807) is 0 Å². The van der Waals surface area contributed by atoms with Crippen molar-refractivity contribution < 1.29 is 4.79 Å². The zero-order valence-corrected chi connectivity index (χ0v) is 12.1. The van der Waals surface area contributed by atoms with E-state index < -0.39 is 0 Å². The van der Waals surface area contributed by atoms with E-state index in [4.69, 9.17) is 6.42 Å². The van der Waals surface area contributed by atoms with Crippen molar-refractivity contribution in [1.82, 2.24) is 5.32 Å². The Morgan fingerprint density at radius 3 is 1.56 bits per heavy atom. The normalized spacial score (nSPS) is 8.25. The van der Waals surface area contributed by atoms with Gasteiger partial charge in [-0.1, -0.05) is 48.0 Å². The predicted octanol–water partition coefficient (Wildman–Crippen LogP) is 3.47. The number of amides is 1. The maximum atomic E-state index is 10.1. The van der Waals surface area contributed by atoms with Crippen molar-refractivity contribution in [1.29, 1.82) is 0 Å². The van der Waals surface area contributed by atoms with Crippen molar-refractivity contribution in [2.24, 2.45) is 11.8 Å². The van der Waals surface area contributed by atoms with Gasteiger partial charge in [-0.15, -0.1) is 6.42 Å². The van der Waals surface area contributed by atoms with Crippen LogP contribution in [0.4, 0.5) is 0 Å². The number of terminal acetylenes is 1. The molecule has 0 rings (SSSR count). The second-order valence-electron chi connectivity index (χ2n) is 4.54. The molecule has 2 heteroatoms. The van der Waals surface area contributed by atoms with Gasteiger partial charge in [-0.2, -0.15) is 0 Å². The van der Waals surface area contributed by atoms with Gasteiger partial charge in [0.1, 0.15) is 0 Å². The van der Waals surface area contributed by atoms with Crippen LogP contribution in [0.1, 0.15) is 54.9 Å². The fourth-order valence-electron chi connectivity index (χ4n) is 0.212. The molecule has 0 saturated carbocycles. The molecule has 0 saturated heterocycles. The molecule has 0 atom stereocenters. The van der Waals surface area contributed by atoms with Crippen LogP contribution in [0.25, 0.3) is 0 Å². The third kappa shape index (κ3) is 51.9. The summed E-state index contributed by atoms with van der Waals surface area (Å²) in [6, 6.07) is 0. The van der Waals surface area contributed by atoms with Crippen LogP contribution in [0, 0.1) is 24.2 Å². The van der Waals surface area contributed by atoms with Gasteiger partial charge in [0.15, 0.2) is 0 Å². The van der Waals surface area contributed by atoms with Crippen LogP contribution >= 0.6 is 0 Å². The molecule has 0 fully saturated rings. The molecule has 0 aromatic rings. The van der Waals surface area contributed by atoms with E-state index in [1.165, 1.54) is 6.42 Å². The Bertz CT molecular complexity index is 175. The Balaban J connectivity index is -0.000000166. The van der Waals surface area contributed by atoms with Crippen molar-refractivity contribution in [2.45, 2.75) is 54.9 Å². The van der Waals surface area contributed by atoms with Crippen LogP contribution in [-0.4, -0.2) is 12.5 Å². The highest BCUT2D eigenvalue weighted by atomic mass is 16.1. The van der Waals surface area contributed by atoms with E-state index in [2.05, 4.69) is 46.9 Å². The third-order valence-electron chi connectivity index (χ3n) is 1.28. The number of rotatable bonds is 2. The first-order valence-corrected chi connectivity index (χ1v) is 6.06. The predicted molar refractivity (Wildman–Crippen MR) is 73.2 cm³/mol. The minimum atomic E-state index is -0.345. The average Bonchev–Trinajstić information content (AvgIpc) is 2.18. The largest absolute Gasteiger partial charge is 0.346 e. The molecule has 0 bridgehead atoms. The topological polar surface area (TPSA) is 29.1 Å². The summed E-state index contributed by atoms with van der Waals surface area (Å²) in [7, 11) is 0. The average molecular weight is 227 g/mol. The van der Waals surface area contributed by atoms with E-state index >= 15 is 0 Å². The monoisotopic (exact) mass is 227 g/mol. The molecule has 2 nitrogen and oxygen atoms in total. The number of hydrogen-bond acceptors (Lipinski definition) is 1. The van der Waals surface area contributed by atoms with Crippen LogP contribution in [0.15, 0.2) is 0 Å². The summed E-state index contributed by atoms with van der Waals surface area (Å²) in [5.74, 6) is 3.29. The zero-order valence-electron chi connectivity index (χ0n) is 12.1. The molecule has 0 aromatic heterocycles. The van der Waals surface area contributed by atoms with Gasteiger partial charge in [0, 0.05) is 6.54 Å². The van der Waals surface area contributed by atoms with Crippen LogP contribution in [0.5, 0.6) is 0 Å². The molecule has 16 heavy (non-hydrogen) atoms. The molecule has 0 radical (unpaired) electrons. The summed E-state index contributed by atoms with van der Waals surface area (Å²) in [6.07, 6.45) is 6.00. The van der Waals surface area contributed by atoms with E-state index in [-0.39, 0.29) is 5.91 Å². The van der Waals surface area contributed by atoms with Crippen LogP contribution in [0.2, 0.25) is 0 Å². The SMILES string of the molecule is C#CC(=O)NCC.CC(C)C.CCC(C)C. The lowest BCUT2D eigenvalue weighted by Crippen LogP contribution is -2.19. The van der Waals surface area contributed by atoms with E-state index in [1.807, 2.05) is 12.8 Å². The van der Waals surface area contributed by atoms with Crippen LogP contribution in [0.3, 0.4) is 0 Å². The Labute approximate surface area is 102 Å². The molecule has 1 amide bonds. The number of hydrogen-bond donors (Lipinski definition) is 1. The zero-order chi connectivity index (χ0) is 13.6. The second-order valence-corrected chi connectivity index (χ2v) is 4.54. The minimum absolute atomic E-state index is 0.345. The quantitative estimate of drug-likeness (QED) is 0.719. The van der Waals surface area contributed by atoms with E-state index in [0.29, 0.717) is 6.54 Å². The molecular weight excluding hydrogens is 198 g/mol. The second kappa shape index (κ2) is 16.5. The Morgan fingerprint density at radius 2 is 1.50 bits per heavy atom. The molecular formula is C14H29NO. The summed E-state index contributed by atoms with van der Waals surface area (Å²) in [4.78, 5) is 10.1. The summed E-state index contributed by atoms with van der Waals surface area (Å²) in [5.41, 5.74) is 0. The molecule has 96 valence electrons. The van der Waals surface area contributed by atoms with Crippen molar-refractivity contribution in [3.8, 4) is 12.3 Å². The van der Waals surface area contributed by atoms with Gasteiger partial charge in [-0.25, -0.2) is 0 Å². The highest BCUT2D eigenvalue weighted by Crippen LogP contribution is 1.93. The van der Waals surface area contributed by atoms with Gasteiger partial charge in [-0.05, 0) is 24.7 Å². The summed E-state index contributed by atoms with van der Waals surface area (Å²) in [6.45, 7) is 15.6. The maximum Gasteiger partial charge on any atom is 0.295 e. The van der Waals surface area contributed by atoms with Gasteiger partial charge in [0.2, 0.25) is 0 Å². The molecule has 0 aromatic carbocycles. The number of carbonyl (C=O) groups excluding carboxylic acids is 1. The summed E-state index contributed by atoms with van der Waals surface area (Å²) >= 11 is 0. The Morgan fingerprint density at radius 1 is 1.19 bits per heavy atom. The smallest absolute Gasteiger partial charge is 0.295 e. The molecule has 1 N–H and O–H groups in total. The standard InChI is InChI=1S/C5H7NO.C5H12.C4H10/c1-3-5(7)6-4-2;1-4-5(2)3;1-4(2)3/h1H,4H2,2H3,(H,6,7);5H,4H2,1-3H3;4H,1-3H3. The maximum absolute atomic E-state index is 10.1. The lowest BCUT2D eigenvalue weighted by molar-refractivity contribution is -0.115. The minimum Gasteiger partial charge on any atom is -0.346 e. The summed E-state index contributed by atoms with van der Waals surface area (Å²) in [5, 5.41) is 2.42. The number of nitrogens with one attached hydrogen (secondary N) is 1. The van der Waals surface area contributed by atoms with E-state index in [0.717, 1.165) is 11.8 Å². The van der Waals surface area contributed by atoms with Gasteiger partial charge >= 0.3 is 0 Å². The lowest BCUT2D eigenvalue weighted by atomic mass is 10.2. The van der Waals surface area contributed by atoms with Gasteiger partial charge < -0.3 is 5.32 Å². The molecule has 0 aliphatic carbocycles. The first-order chi connectivity index (χ1) is 7.31. The van der Waals surface area contributed by atoms with Crippen LogP contribution in [-0.2, 0) is 4.79 Å². The fraction of sp³-hybridized carbons (Fsp3) is 0.786. The molecule has 0 aliphatic rings. The highest BCUT2D eigenvalue weighted by molar-refractivity contribution is 5.92. The molecule has 0 unspecified atom stereocenters. The van der Waals surface area contributed by atoms with Crippen LogP contribution < -0.4 is 5.32 Å². The highest BCUT2D eigenvalue weighted by Gasteiger charge is 1.84. The van der Waals surface area contributed by atoms with Crippen molar-refractivity contribution in [3.63, 3.8) is 0 Å². The van der Waals surface area contributed by atoms with Crippen molar-refractivity contribution in [3.05, 3.63) is 0 Å². The van der Waals surface area contributed by atoms with Crippen molar-refractivity contribution in [2.75, 3.05) is 6.54 Å². The lowest BCUT2D eigenvalue weighted by Gasteiger charge is -1.90. The first kappa shape index (κ1) is 20.4. The van der Waals surface area contributed by atoms with Crippen molar-refractivity contribution >= 4 is 5.91 Å². The van der Waals surface area contributed by atoms with Gasteiger partial charge in [0.25, 0.3) is 5.91 Å². The molecule has 0 aliphatic heterocycles. The van der Waals surface area contributed by atoms with E-state index in [9.17, 15) is 4.79 Å². The summed E-state index contributed by atoms with van der Waals surface area (Å²) < 4.78 is 0. The van der Waals surface area contributed by atoms with Gasteiger partial charge in [-0.3, -0.25) is 4.79 Å². The molecule has 0 heterocycles. The first-order valence-electron chi connectivity index (χ1n) is 6.06. The third-order valence-corrected chi connectivity index (χ3v) is 1.28. The Kier molecular flexibility index (Phi) is 21.0. The molecule has 0 spiro atoms. The van der Waals surface area contributed by atoms with Gasteiger partial charge in [0.05, 0.1) is 0 Å². The Hall–Kier alpha value is -0.970. The fourth-order valence-corrected chi connectivity index (χ4v) is 0.212. The number of carbonyl (C=O) groups is 1.